The zero-order valence-corrected chi connectivity index (χ0v) is 16.1. The van der Waals surface area contributed by atoms with Crippen molar-refractivity contribution in [3.05, 3.63) is 63.9 Å². The number of rotatable bonds is 4. The highest BCUT2D eigenvalue weighted by Crippen LogP contribution is 2.25. The summed E-state index contributed by atoms with van der Waals surface area (Å²) in [6.07, 6.45) is 1.36. The van der Waals surface area contributed by atoms with Gasteiger partial charge in [-0.25, -0.2) is 4.39 Å². The summed E-state index contributed by atoms with van der Waals surface area (Å²) in [5, 5.41) is 12.6. The molecule has 1 fully saturated rings. The average Bonchev–Trinajstić information content (AvgIpc) is 2.70. The first-order valence-electron chi connectivity index (χ1n) is 8.80. The molecule has 1 saturated heterocycles. The van der Waals surface area contributed by atoms with Crippen LogP contribution in [0.4, 0.5) is 15.8 Å². The van der Waals surface area contributed by atoms with Crippen molar-refractivity contribution in [2.75, 3.05) is 36.5 Å². The number of nitriles is 1. The van der Waals surface area contributed by atoms with E-state index < -0.39 is 11.7 Å². The number of hydrogen-bond donors (Lipinski definition) is 1. The highest BCUT2D eigenvalue weighted by molar-refractivity contribution is 6.31. The van der Waals surface area contributed by atoms with E-state index in [1.54, 1.807) is 37.3 Å². The Kier molecular flexibility index (Phi) is 6.30. The van der Waals surface area contributed by atoms with E-state index in [-0.39, 0.29) is 5.57 Å². The lowest BCUT2D eigenvalue weighted by atomic mass is 10.1. The van der Waals surface area contributed by atoms with Crippen LogP contribution in [0.2, 0.25) is 5.02 Å². The Balaban J connectivity index is 1.80. The second kappa shape index (κ2) is 8.87. The molecular formula is C21H19ClFN3O2. The standard InChI is InChI=1S/C21H19ClFN3O2/c1-14-17(22)3-2-4-19(14)25-21(27)16(13-24)11-15-5-6-20(18(23)12-15)26-7-9-28-10-8-26/h2-6,11-12H,7-10H2,1H3,(H,25,27)/b16-11-. The molecule has 7 heteroatoms. The third-order valence-electron chi connectivity index (χ3n) is 4.52. The molecule has 0 bridgehead atoms. The highest BCUT2D eigenvalue weighted by atomic mass is 35.5. The Bertz CT molecular complexity index is 963. The van der Waals surface area contributed by atoms with Gasteiger partial charge in [-0.1, -0.05) is 23.7 Å². The second-order valence-corrected chi connectivity index (χ2v) is 6.75. The van der Waals surface area contributed by atoms with Gasteiger partial charge in [-0.05, 0) is 48.4 Å². The fraction of sp³-hybridized carbons (Fsp3) is 0.238. The van der Waals surface area contributed by atoms with Gasteiger partial charge in [-0.2, -0.15) is 5.26 Å². The second-order valence-electron chi connectivity index (χ2n) is 6.35. The van der Waals surface area contributed by atoms with Gasteiger partial charge in [0.05, 0.1) is 18.9 Å². The van der Waals surface area contributed by atoms with Crippen LogP contribution in [0.3, 0.4) is 0 Å². The van der Waals surface area contributed by atoms with Crippen molar-refractivity contribution in [1.29, 1.82) is 5.26 Å². The molecule has 5 nitrogen and oxygen atoms in total. The van der Waals surface area contributed by atoms with Crippen molar-refractivity contribution in [1.82, 2.24) is 0 Å². The summed E-state index contributed by atoms with van der Waals surface area (Å²) >= 11 is 6.05. The summed E-state index contributed by atoms with van der Waals surface area (Å²) < 4.78 is 19.8. The molecule has 1 amide bonds. The van der Waals surface area contributed by atoms with E-state index in [0.717, 1.165) is 0 Å². The van der Waals surface area contributed by atoms with Gasteiger partial charge >= 0.3 is 0 Å². The van der Waals surface area contributed by atoms with E-state index in [1.807, 2.05) is 11.0 Å². The van der Waals surface area contributed by atoms with Gasteiger partial charge in [0, 0.05) is 23.8 Å². The zero-order chi connectivity index (χ0) is 20.1. The number of halogens is 2. The summed E-state index contributed by atoms with van der Waals surface area (Å²) in [5.41, 5.74) is 2.02. The van der Waals surface area contributed by atoms with E-state index in [0.29, 0.717) is 53.8 Å². The quantitative estimate of drug-likeness (QED) is 0.619. The third-order valence-corrected chi connectivity index (χ3v) is 4.92. The Labute approximate surface area is 168 Å². The van der Waals surface area contributed by atoms with Crippen LogP contribution < -0.4 is 10.2 Å². The monoisotopic (exact) mass is 399 g/mol. The Morgan fingerprint density at radius 1 is 1.32 bits per heavy atom. The molecule has 2 aromatic rings. The summed E-state index contributed by atoms with van der Waals surface area (Å²) in [6, 6.07) is 11.6. The lowest BCUT2D eigenvalue weighted by molar-refractivity contribution is -0.112. The molecule has 0 aromatic heterocycles. The van der Waals surface area contributed by atoms with Gasteiger partial charge in [0.25, 0.3) is 5.91 Å². The van der Waals surface area contributed by atoms with Crippen molar-refractivity contribution in [3.63, 3.8) is 0 Å². The van der Waals surface area contributed by atoms with Gasteiger partial charge in [0.15, 0.2) is 0 Å². The molecule has 0 radical (unpaired) electrons. The van der Waals surface area contributed by atoms with Crippen LogP contribution in [0.25, 0.3) is 6.08 Å². The molecule has 0 aliphatic carbocycles. The predicted octanol–water partition coefficient (Wildman–Crippen LogP) is 4.17. The molecule has 28 heavy (non-hydrogen) atoms. The van der Waals surface area contributed by atoms with Crippen LogP contribution in [0.5, 0.6) is 0 Å². The number of ether oxygens (including phenoxy) is 1. The molecule has 1 heterocycles. The van der Waals surface area contributed by atoms with Crippen molar-refractivity contribution < 1.29 is 13.9 Å². The van der Waals surface area contributed by atoms with Crippen LogP contribution in [0.15, 0.2) is 42.0 Å². The normalized spacial score (nSPS) is 14.5. The van der Waals surface area contributed by atoms with Crippen molar-refractivity contribution in [3.8, 4) is 6.07 Å². The topological polar surface area (TPSA) is 65.4 Å². The molecule has 0 unspecified atom stereocenters. The number of anilines is 2. The van der Waals surface area contributed by atoms with E-state index in [2.05, 4.69) is 5.32 Å². The largest absolute Gasteiger partial charge is 0.378 e. The maximum absolute atomic E-state index is 14.5. The Morgan fingerprint density at radius 3 is 2.75 bits per heavy atom. The van der Waals surface area contributed by atoms with Crippen molar-refractivity contribution in [2.24, 2.45) is 0 Å². The average molecular weight is 400 g/mol. The van der Waals surface area contributed by atoms with Crippen LogP contribution in [0.1, 0.15) is 11.1 Å². The molecule has 0 atom stereocenters. The van der Waals surface area contributed by atoms with Crippen molar-refractivity contribution >= 4 is 35.0 Å². The molecule has 2 aromatic carbocycles. The Morgan fingerprint density at radius 2 is 2.07 bits per heavy atom. The van der Waals surface area contributed by atoms with Crippen LogP contribution >= 0.6 is 11.6 Å². The zero-order valence-electron chi connectivity index (χ0n) is 15.3. The van der Waals surface area contributed by atoms with E-state index in [4.69, 9.17) is 16.3 Å². The van der Waals surface area contributed by atoms with E-state index in [9.17, 15) is 14.4 Å². The number of morpholine rings is 1. The summed E-state index contributed by atoms with van der Waals surface area (Å²) in [4.78, 5) is 14.4. The predicted molar refractivity (Wildman–Crippen MR) is 108 cm³/mol. The molecule has 144 valence electrons. The minimum atomic E-state index is -0.578. The highest BCUT2D eigenvalue weighted by Gasteiger charge is 2.16. The molecule has 0 spiro atoms. The lowest BCUT2D eigenvalue weighted by Gasteiger charge is -2.29. The number of nitrogens with zero attached hydrogens (tertiary/aromatic N) is 2. The number of carbonyl (C=O) groups excluding carboxylic acids is 1. The number of hydrogen-bond acceptors (Lipinski definition) is 4. The van der Waals surface area contributed by atoms with Gasteiger partial charge in [-0.15, -0.1) is 0 Å². The molecule has 1 aliphatic heterocycles. The maximum Gasteiger partial charge on any atom is 0.266 e. The molecule has 1 N–H and O–H groups in total. The molecule has 3 rings (SSSR count). The lowest BCUT2D eigenvalue weighted by Crippen LogP contribution is -2.36. The summed E-state index contributed by atoms with van der Waals surface area (Å²) in [5.74, 6) is -0.982. The van der Waals surface area contributed by atoms with Crippen LogP contribution in [-0.2, 0) is 9.53 Å². The number of benzene rings is 2. The Hall–Kier alpha value is -2.88. The first-order valence-corrected chi connectivity index (χ1v) is 9.18. The van der Waals surface area contributed by atoms with Gasteiger partial charge < -0.3 is 15.0 Å². The molecular weight excluding hydrogens is 381 g/mol. The minimum absolute atomic E-state index is 0.127. The van der Waals surface area contributed by atoms with Crippen LogP contribution in [0, 0.1) is 24.1 Å². The van der Waals surface area contributed by atoms with E-state index in [1.165, 1.54) is 12.1 Å². The number of carbonyl (C=O) groups is 1. The summed E-state index contributed by atoms with van der Waals surface area (Å²) in [7, 11) is 0. The van der Waals surface area contributed by atoms with E-state index >= 15 is 0 Å². The number of nitrogens with one attached hydrogen (secondary N) is 1. The third kappa shape index (κ3) is 4.50. The van der Waals surface area contributed by atoms with Gasteiger partial charge in [0.2, 0.25) is 0 Å². The maximum atomic E-state index is 14.5. The van der Waals surface area contributed by atoms with Gasteiger partial charge in [0.1, 0.15) is 17.5 Å². The first kappa shape index (κ1) is 19.9. The SMILES string of the molecule is Cc1c(Cl)cccc1NC(=O)/C(C#N)=C\c1ccc(N2CCOCC2)c(F)c1. The van der Waals surface area contributed by atoms with Crippen molar-refractivity contribution in [2.45, 2.75) is 6.92 Å². The summed E-state index contributed by atoms with van der Waals surface area (Å²) in [6.45, 7) is 4.13. The fourth-order valence-electron chi connectivity index (χ4n) is 2.92. The van der Waals surface area contributed by atoms with Gasteiger partial charge in [-0.3, -0.25) is 4.79 Å². The fourth-order valence-corrected chi connectivity index (χ4v) is 3.10. The number of amides is 1. The first-order chi connectivity index (χ1) is 13.5. The van der Waals surface area contributed by atoms with Crippen LogP contribution in [-0.4, -0.2) is 32.2 Å². The molecule has 0 saturated carbocycles. The smallest absolute Gasteiger partial charge is 0.266 e. The molecule has 1 aliphatic rings. The minimum Gasteiger partial charge on any atom is -0.378 e.